The van der Waals surface area contributed by atoms with E-state index in [0.717, 1.165) is 36.3 Å². The van der Waals surface area contributed by atoms with Crippen LogP contribution < -0.4 is 9.47 Å². The Morgan fingerprint density at radius 1 is 1.08 bits per heavy atom. The quantitative estimate of drug-likeness (QED) is 0.791. The Morgan fingerprint density at radius 2 is 1.83 bits per heavy atom. The maximum atomic E-state index is 6.40. The van der Waals surface area contributed by atoms with Crippen LogP contribution in [0.2, 0.25) is 0 Å². The highest BCUT2D eigenvalue weighted by Crippen LogP contribution is 2.49. The molecule has 0 saturated heterocycles. The van der Waals surface area contributed by atoms with Gasteiger partial charge in [0, 0.05) is 24.4 Å². The van der Waals surface area contributed by atoms with Crippen LogP contribution in [0.25, 0.3) is 12.2 Å². The third-order valence-corrected chi connectivity index (χ3v) is 4.97. The Bertz CT molecular complexity index is 737. The van der Waals surface area contributed by atoms with Crippen LogP contribution in [-0.4, -0.2) is 17.7 Å². The second kappa shape index (κ2) is 6.86. The minimum absolute atomic E-state index is 0. The molecule has 1 aromatic carbocycles. The molecule has 24 heavy (non-hydrogen) atoms. The lowest BCUT2D eigenvalue weighted by Gasteiger charge is -2.22. The summed E-state index contributed by atoms with van der Waals surface area (Å²) in [6, 6.07) is 8.16. The Morgan fingerprint density at radius 3 is 2.54 bits per heavy atom. The van der Waals surface area contributed by atoms with E-state index in [9.17, 15) is 0 Å². The first-order chi connectivity index (χ1) is 11.3. The first-order valence-electron chi connectivity index (χ1n) is 8.27. The number of benzene rings is 1. The molecule has 1 spiro atoms. The van der Waals surface area contributed by atoms with Gasteiger partial charge in [0.25, 0.3) is 0 Å². The van der Waals surface area contributed by atoms with E-state index in [1.165, 1.54) is 24.0 Å². The van der Waals surface area contributed by atoms with Gasteiger partial charge < -0.3 is 9.47 Å². The Kier molecular flexibility index (Phi) is 4.81. The Labute approximate surface area is 149 Å². The van der Waals surface area contributed by atoms with E-state index >= 15 is 0 Å². The van der Waals surface area contributed by atoms with Crippen molar-refractivity contribution in [2.75, 3.05) is 7.11 Å². The average molecular weight is 344 g/mol. The normalized spacial score (nSPS) is 17.5. The standard InChI is InChI=1S/C20H21NO2.ClH/c1-22-18-7-6-16(5-4-15-8-12-21-13-9-15)17-14-20(23-19(17)18)10-2-3-11-20;/h4-9,12-13H,2-3,10-11,14H2,1H3;1H. The molecule has 0 unspecified atom stereocenters. The molecule has 1 aromatic heterocycles. The lowest BCUT2D eigenvalue weighted by Crippen LogP contribution is -2.30. The molecule has 126 valence electrons. The van der Waals surface area contributed by atoms with Crippen LogP contribution in [0.4, 0.5) is 0 Å². The molecule has 0 radical (unpaired) electrons. The van der Waals surface area contributed by atoms with Crippen LogP contribution >= 0.6 is 12.4 Å². The molecule has 2 heterocycles. The fourth-order valence-corrected chi connectivity index (χ4v) is 3.77. The highest BCUT2D eigenvalue weighted by atomic mass is 35.5. The largest absolute Gasteiger partial charge is 0.493 e. The third kappa shape index (κ3) is 3.01. The van der Waals surface area contributed by atoms with Crippen LogP contribution in [0.1, 0.15) is 42.4 Å². The second-order valence-corrected chi connectivity index (χ2v) is 6.45. The molecule has 2 aromatic rings. The van der Waals surface area contributed by atoms with Gasteiger partial charge in [0.05, 0.1) is 7.11 Å². The predicted octanol–water partition coefficient (Wildman–Crippen LogP) is 4.93. The van der Waals surface area contributed by atoms with Crippen LogP contribution in [0.3, 0.4) is 0 Å². The number of halogens is 1. The molecule has 3 nitrogen and oxygen atoms in total. The number of rotatable bonds is 3. The molecule has 1 aliphatic carbocycles. The number of hydrogen-bond donors (Lipinski definition) is 0. The molecule has 0 bridgehead atoms. The highest BCUT2D eigenvalue weighted by Gasteiger charge is 2.43. The molecular formula is C20H22ClNO2. The van der Waals surface area contributed by atoms with E-state index in [4.69, 9.17) is 9.47 Å². The fraction of sp³-hybridized carbons (Fsp3) is 0.350. The van der Waals surface area contributed by atoms with Crippen LogP contribution in [0.5, 0.6) is 11.5 Å². The zero-order chi connectivity index (χ0) is 15.7. The fourth-order valence-electron chi connectivity index (χ4n) is 3.77. The zero-order valence-corrected chi connectivity index (χ0v) is 14.6. The number of ether oxygens (including phenoxy) is 2. The molecule has 4 rings (SSSR count). The maximum absolute atomic E-state index is 6.40. The molecule has 0 atom stereocenters. The average Bonchev–Trinajstić information content (AvgIpc) is 3.20. The van der Waals surface area contributed by atoms with E-state index in [1.807, 2.05) is 30.6 Å². The number of hydrogen-bond acceptors (Lipinski definition) is 3. The number of nitrogens with zero attached hydrogens (tertiary/aromatic N) is 1. The SMILES string of the molecule is COc1ccc(C=Cc2ccncc2)c2c1OC1(CCCC1)C2.Cl. The molecule has 0 N–H and O–H groups in total. The monoisotopic (exact) mass is 343 g/mol. The summed E-state index contributed by atoms with van der Waals surface area (Å²) in [6.07, 6.45) is 13.8. The maximum Gasteiger partial charge on any atom is 0.165 e. The number of pyridine rings is 1. The van der Waals surface area contributed by atoms with Gasteiger partial charge in [-0.1, -0.05) is 18.2 Å². The van der Waals surface area contributed by atoms with Gasteiger partial charge in [0.2, 0.25) is 0 Å². The van der Waals surface area contributed by atoms with Gasteiger partial charge >= 0.3 is 0 Å². The van der Waals surface area contributed by atoms with Gasteiger partial charge in [-0.05, 0) is 55.0 Å². The smallest absolute Gasteiger partial charge is 0.165 e. The van der Waals surface area contributed by atoms with Crippen molar-refractivity contribution in [3.63, 3.8) is 0 Å². The van der Waals surface area contributed by atoms with E-state index in [-0.39, 0.29) is 18.0 Å². The summed E-state index contributed by atoms with van der Waals surface area (Å²) >= 11 is 0. The minimum Gasteiger partial charge on any atom is -0.493 e. The molecule has 1 aliphatic heterocycles. The molecular weight excluding hydrogens is 322 g/mol. The van der Waals surface area contributed by atoms with Crippen molar-refractivity contribution in [1.29, 1.82) is 0 Å². The van der Waals surface area contributed by atoms with Crippen molar-refractivity contribution in [2.45, 2.75) is 37.7 Å². The number of fused-ring (bicyclic) bond motifs is 1. The van der Waals surface area contributed by atoms with E-state index in [1.54, 1.807) is 7.11 Å². The lowest BCUT2D eigenvalue weighted by molar-refractivity contribution is 0.0996. The third-order valence-electron chi connectivity index (χ3n) is 4.97. The summed E-state index contributed by atoms with van der Waals surface area (Å²) < 4.78 is 11.9. The topological polar surface area (TPSA) is 31.4 Å². The molecule has 2 aliphatic rings. The van der Waals surface area contributed by atoms with Crippen molar-refractivity contribution in [1.82, 2.24) is 4.98 Å². The highest BCUT2D eigenvalue weighted by molar-refractivity contribution is 5.85. The summed E-state index contributed by atoms with van der Waals surface area (Å²) in [5, 5.41) is 0. The second-order valence-electron chi connectivity index (χ2n) is 6.45. The van der Waals surface area contributed by atoms with Crippen molar-refractivity contribution in [2.24, 2.45) is 0 Å². The number of aromatic nitrogens is 1. The molecule has 4 heteroatoms. The van der Waals surface area contributed by atoms with Gasteiger partial charge in [-0.25, -0.2) is 0 Å². The van der Waals surface area contributed by atoms with Gasteiger partial charge in [-0.2, -0.15) is 0 Å². The summed E-state index contributed by atoms with van der Waals surface area (Å²) in [7, 11) is 1.71. The van der Waals surface area contributed by atoms with Crippen molar-refractivity contribution >= 4 is 24.6 Å². The van der Waals surface area contributed by atoms with E-state index < -0.39 is 0 Å². The zero-order valence-electron chi connectivity index (χ0n) is 13.8. The summed E-state index contributed by atoms with van der Waals surface area (Å²) in [5.41, 5.74) is 3.67. The number of methoxy groups -OCH3 is 1. The molecule has 1 saturated carbocycles. The predicted molar refractivity (Wildman–Crippen MR) is 98.9 cm³/mol. The molecule has 0 amide bonds. The summed E-state index contributed by atoms with van der Waals surface area (Å²) in [5.74, 6) is 1.80. The molecule has 1 fully saturated rings. The van der Waals surface area contributed by atoms with Crippen LogP contribution in [0.15, 0.2) is 36.7 Å². The van der Waals surface area contributed by atoms with Gasteiger partial charge in [0.1, 0.15) is 5.60 Å². The Hall–Kier alpha value is -2.00. The Balaban J connectivity index is 0.00000169. The van der Waals surface area contributed by atoms with Crippen molar-refractivity contribution in [3.8, 4) is 11.5 Å². The van der Waals surface area contributed by atoms with Gasteiger partial charge in [0.15, 0.2) is 11.5 Å². The van der Waals surface area contributed by atoms with E-state index in [0.29, 0.717) is 0 Å². The minimum atomic E-state index is 0. The van der Waals surface area contributed by atoms with Crippen LogP contribution in [-0.2, 0) is 6.42 Å². The van der Waals surface area contributed by atoms with Crippen molar-refractivity contribution < 1.29 is 9.47 Å². The van der Waals surface area contributed by atoms with E-state index in [2.05, 4.69) is 23.2 Å². The first kappa shape index (κ1) is 16.8. The van der Waals surface area contributed by atoms with Crippen LogP contribution in [0, 0.1) is 0 Å². The van der Waals surface area contributed by atoms with Crippen molar-refractivity contribution in [3.05, 3.63) is 53.3 Å². The van der Waals surface area contributed by atoms with Gasteiger partial charge in [-0.15, -0.1) is 12.4 Å². The summed E-state index contributed by atoms with van der Waals surface area (Å²) in [4.78, 5) is 4.06. The summed E-state index contributed by atoms with van der Waals surface area (Å²) in [6.45, 7) is 0. The first-order valence-corrected chi connectivity index (χ1v) is 8.27. The van der Waals surface area contributed by atoms with Gasteiger partial charge in [-0.3, -0.25) is 4.98 Å². The lowest BCUT2D eigenvalue weighted by atomic mass is 9.92.